The van der Waals surface area contributed by atoms with E-state index < -0.39 is 12.1 Å². The Morgan fingerprint density at radius 3 is 2.17 bits per heavy atom. The lowest BCUT2D eigenvalue weighted by molar-refractivity contribution is -0.192. The number of ether oxygens (including phenoxy) is 1. The van der Waals surface area contributed by atoms with Crippen molar-refractivity contribution in [2.75, 3.05) is 35.6 Å². The van der Waals surface area contributed by atoms with Crippen molar-refractivity contribution < 1.29 is 32.6 Å². The maximum atomic E-state index is 12.0. The van der Waals surface area contributed by atoms with Crippen molar-refractivity contribution in [2.45, 2.75) is 19.5 Å². The molecule has 0 aliphatic rings. The second-order valence-electron chi connectivity index (χ2n) is 7.20. The summed E-state index contributed by atoms with van der Waals surface area (Å²) in [6.07, 6.45) is -4.74. The lowest BCUT2D eigenvalue weighted by Gasteiger charge is -2.11. The SMILES string of the molecule is Cc1cc(NCCC(=O)Nc2ccccc2)nc(NCCOc2ccccc2)n1.O=C(O)C(F)(F)F. The lowest BCUT2D eigenvalue weighted by Crippen LogP contribution is -2.21. The van der Waals surface area contributed by atoms with Crippen LogP contribution < -0.4 is 20.7 Å². The number of nitrogens with zero attached hydrogens (tertiary/aromatic N) is 2. The first-order chi connectivity index (χ1) is 17.1. The van der Waals surface area contributed by atoms with Crippen LogP contribution in [0.3, 0.4) is 0 Å². The normalized spacial score (nSPS) is 10.4. The summed E-state index contributed by atoms with van der Waals surface area (Å²) in [7, 11) is 0. The predicted molar refractivity (Wildman–Crippen MR) is 129 cm³/mol. The number of amides is 1. The van der Waals surface area contributed by atoms with E-state index >= 15 is 0 Å². The number of halogens is 3. The molecule has 1 aromatic heterocycles. The van der Waals surface area contributed by atoms with E-state index in [0.717, 1.165) is 17.1 Å². The zero-order chi connectivity index (χ0) is 26.4. The van der Waals surface area contributed by atoms with Crippen molar-refractivity contribution in [3.63, 3.8) is 0 Å². The minimum Gasteiger partial charge on any atom is -0.492 e. The summed E-state index contributed by atoms with van der Waals surface area (Å²) < 4.78 is 37.4. The largest absolute Gasteiger partial charge is 0.492 e. The molecule has 0 aliphatic heterocycles. The van der Waals surface area contributed by atoms with Crippen LogP contribution in [0.2, 0.25) is 0 Å². The molecule has 3 rings (SSSR count). The van der Waals surface area contributed by atoms with Crippen LogP contribution in [0.25, 0.3) is 0 Å². The van der Waals surface area contributed by atoms with E-state index in [2.05, 4.69) is 25.9 Å². The Morgan fingerprint density at radius 2 is 1.56 bits per heavy atom. The third kappa shape index (κ3) is 11.2. The van der Waals surface area contributed by atoms with Crippen LogP contribution >= 0.6 is 0 Å². The quantitative estimate of drug-likeness (QED) is 0.300. The molecule has 4 N–H and O–H groups in total. The Bertz CT molecular complexity index is 1100. The van der Waals surface area contributed by atoms with Crippen LogP contribution in [0, 0.1) is 6.92 Å². The number of rotatable bonds is 10. The predicted octanol–water partition coefficient (Wildman–Crippen LogP) is 4.35. The van der Waals surface area contributed by atoms with Crippen LogP contribution in [-0.4, -0.2) is 52.8 Å². The van der Waals surface area contributed by atoms with Gasteiger partial charge < -0.3 is 25.8 Å². The summed E-state index contributed by atoms with van der Waals surface area (Å²) in [6, 6.07) is 20.9. The number of nitrogens with one attached hydrogen (secondary N) is 3. The highest BCUT2D eigenvalue weighted by Crippen LogP contribution is 2.13. The van der Waals surface area contributed by atoms with Gasteiger partial charge in [-0.3, -0.25) is 4.79 Å². The average molecular weight is 505 g/mol. The van der Waals surface area contributed by atoms with Gasteiger partial charge in [0.2, 0.25) is 11.9 Å². The number of carboxylic acid groups (broad SMARTS) is 1. The van der Waals surface area contributed by atoms with Gasteiger partial charge in [-0.05, 0) is 31.2 Å². The summed E-state index contributed by atoms with van der Waals surface area (Å²) >= 11 is 0. The molecule has 0 bridgehead atoms. The van der Waals surface area contributed by atoms with Gasteiger partial charge in [0.05, 0.1) is 6.54 Å². The molecule has 12 heteroatoms. The van der Waals surface area contributed by atoms with Gasteiger partial charge in [-0.25, -0.2) is 9.78 Å². The first kappa shape index (κ1) is 27.9. The van der Waals surface area contributed by atoms with Crippen LogP contribution in [0.1, 0.15) is 12.1 Å². The molecule has 0 radical (unpaired) electrons. The molecule has 0 atom stereocenters. The molecule has 0 saturated carbocycles. The molecule has 0 fully saturated rings. The van der Waals surface area contributed by atoms with Gasteiger partial charge in [0.15, 0.2) is 0 Å². The fourth-order valence-corrected chi connectivity index (χ4v) is 2.64. The first-order valence-corrected chi connectivity index (χ1v) is 10.8. The lowest BCUT2D eigenvalue weighted by atomic mass is 10.3. The molecule has 2 aromatic carbocycles. The number of hydrogen-bond acceptors (Lipinski definition) is 7. The number of para-hydroxylation sites is 2. The first-order valence-electron chi connectivity index (χ1n) is 10.8. The number of aromatic nitrogens is 2. The highest BCUT2D eigenvalue weighted by molar-refractivity contribution is 5.90. The van der Waals surface area contributed by atoms with E-state index in [9.17, 15) is 18.0 Å². The third-order valence-corrected chi connectivity index (χ3v) is 4.21. The standard InChI is InChI=1S/C22H25N5O2.C2HF3O2/c1-17-16-20(23-13-12-21(28)26-18-8-4-2-5-9-18)27-22(25-17)24-14-15-29-19-10-6-3-7-11-19;3-2(4,5)1(6)7/h2-11,16H,12-15H2,1H3,(H,26,28)(H2,23,24,25,27);(H,6,7). The van der Waals surface area contributed by atoms with Gasteiger partial charge in [0.25, 0.3) is 0 Å². The van der Waals surface area contributed by atoms with Gasteiger partial charge in [0.1, 0.15) is 18.2 Å². The fraction of sp³-hybridized carbons (Fsp3) is 0.250. The Hall–Kier alpha value is -4.35. The maximum absolute atomic E-state index is 12.0. The second-order valence-corrected chi connectivity index (χ2v) is 7.20. The molecular formula is C24H26F3N5O4. The molecule has 3 aromatic rings. The van der Waals surface area contributed by atoms with Gasteiger partial charge >= 0.3 is 12.1 Å². The van der Waals surface area contributed by atoms with Crippen molar-refractivity contribution >= 4 is 29.3 Å². The van der Waals surface area contributed by atoms with Crippen molar-refractivity contribution in [3.8, 4) is 5.75 Å². The number of benzene rings is 2. The van der Waals surface area contributed by atoms with Crippen molar-refractivity contribution in [3.05, 3.63) is 72.4 Å². The minimum absolute atomic E-state index is 0.0501. The highest BCUT2D eigenvalue weighted by atomic mass is 19.4. The average Bonchev–Trinajstić information content (AvgIpc) is 2.83. The van der Waals surface area contributed by atoms with Crippen molar-refractivity contribution in [1.29, 1.82) is 0 Å². The number of alkyl halides is 3. The summed E-state index contributed by atoms with van der Waals surface area (Å²) in [6.45, 7) is 3.47. The summed E-state index contributed by atoms with van der Waals surface area (Å²) in [5, 5.41) is 16.3. The maximum Gasteiger partial charge on any atom is 0.490 e. The van der Waals surface area contributed by atoms with Crippen LogP contribution in [0.4, 0.5) is 30.6 Å². The van der Waals surface area contributed by atoms with Crippen LogP contribution in [0.15, 0.2) is 66.7 Å². The monoisotopic (exact) mass is 505 g/mol. The highest BCUT2D eigenvalue weighted by Gasteiger charge is 2.38. The van der Waals surface area contributed by atoms with E-state index in [1.165, 1.54) is 0 Å². The Balaban J connectivity index is 0.000000572. The zero-order valence-corrected chi connectivity index (χ0v) is 19.4. The van der Waals surface area contributed by atoms with Crippen molar-refractivity contribution in [2.24, 2.45) is 0 Å². The molecule has 192 valence electrons. The number of aliphatic carboxylic acids is 1. The number of hydrogen-bond donors (Lipinski definition) is 4. The molecule has 0 unspecified atom stereocenters. The number of carbonyl (C=O) groups is 2. The summed E-state index contributed by atoms with van der Waals surface area (Å²) in [4.78, 5) is 29.7. The molecule has 0 saturated heterocycles. The third-order valence-electron chi connectivity index (χ3n) is 4.21. The molecule has 9 nitrogen and oxygen atoms in total. The van der Waals surface area contributed by atoms with Gasteiger partial charge in [-0.1, -0.05) is 36.4 Å². The number of carboxylic acids is 1. The minimum atomic E-state index is -5.08. The Morgan fingerprint density at radius 1 is 0.944 bits per heavy atom. The van der Waals surface area contributed by atoms with Gasteiger partial charge in [-0.15, -0.1) is 0 Å². The Kier molecular flexibility index (Phi) is 11.0. The van der Waals surface area contributed by atoms with Crippen LogP contribution in [0.5, 0.6) is 5.75 Å². The number of aryl methyl sites for hydroxylation is 1. The molecule has 0 spiro atoms. The van der Waals surface area contributed by atoms with Gasteiger partial charge in [-0.2, -0.15) is 18.2 Å². The van der Waals surface area contributed by atoms with E-state index in [4.69, 9.17) is 14.6 Å². The van der Waals surface area contributed by atoms with Crippen LogP contribution in [-0.2, 0) is 9.59 Å². The summed E-state index contributed by atoms with van der Waals surface area (Å²) in [5.41, 5.74) is 1.63. The topological polar surface area (TPSA) is 125 Å². The Labute approximate surface area is 205 Å². The smallest absolute Gasteiger partial charge is 0.490 e. The van der Waals surface area contributed by atoms with Crippen molar-refractivity contribution in [1.82, 2.24) is 9.97 Å². The number of anilines is 3. The molecule has 0 aliphatic carbocycles. The molecular weight excluding hydrogens is 479 g/mol. The van der Waals surface area contributed by atoms with Gasteiger partial charge in [0, 0.05) is 30.4 Å². The molecule has 1 heterocycles. The second kappa shape index (κ2) is 14.1. The van der Waals surface area contributed by atoms with E-state index in [-0.39, 0.29) is 5.91 Å². The summed E-state index contributed by atoms with van der Waals surface area (Å²) in [5.74, 6) is -0.775. The number of carbonyl (C=O) groups excluding carboxylic acids is 1. The van der Waals surface area contributed by atoms with E-state index in [0.29, 0.717) is 37.9 Å². The van der Waals surface area contributed by atoms with E-state index in [1.54, 1.807) is 0 Å². The molecule has 36 heavy (non-hydrogen) atoms. The fourth-order valence-electron chi connectivity index (χ4n) is 2.64. The molecule has 1 amide bonds. The van der Waals surface area contributed by atoms with E-state index in [1.807, 2.05) is 73.7 Å². The zero-order valence-electron chi connectivity index (χ0n) is 19.4.